The van der Waals surface area contributed by atoms with Gasteiger partial charge in [-0.15, -0.1) is 0 Å². The number of nitrogens with zero attached hydrogens (tertiary/aromatic N) is 4. The number of aliphatic imine (C=N–C) groups is 1. The smallest absolute Gasteiger partial charge is 0.269 e. The van der Waals surface area contributed by atoms with Gasteiger partial charge in [0, 0.05) is 82.6 Å². The molecule has 1 saturated carbocycles. The van der Waals surface area contributed by atoms with Gasteiger partial charge in [0.25, 0.3) is 5.91 Å². The van der Waals surface area contributed by atoms with Crippen molar-refractivity contribution in [1.82, 2.24) is 25.0 Å². The zero-order valence-corrected chi connectivity index (χ0v) is 32.8. The van der Waals surface area contributed by atoms with Crippen molar-refractivity contribution < 1.29 is 33.7 Å². The highest BCUT2D eigenvalue weighted by molar-refractivity contribution is 5.96. The molecular weight excluding hydrogens is 734 g/mol. The predicted molar refractivity (Wildman–Crippen MR) is 215 cm³/mol. The lowest BCUT2D eigenvalue weighted by atomic mass is 9.89. The van der Waals surface area contributed by atoms with Crippen molar-refractivity contribution in [3.8, 4) is 5.75 Å². The minimum Gasteiger partial charge on any atom is -0.506 e. The molecule has 3 aromatic rings. The molecule has 1 atom stereocenters. The molecule has 2 saturated heterocycles. The first-order valence-corrected chi connectivity index (χ1v) is 19.9. The minimum absolute atomic E-state index is 0.0731. The van der Waals surface area contributed by atoms with Gasteiger partial charge in [0.1, 0.15) is 11.6 Å². The molecular formula is C42H56FN7O7. The first-order chi connectivity index (χ1) is 27.5. The Hall–Kier alpha value is -4.67. The first-order valence-electron chi connectivity index (χ1n) is 19.9. The molecule has 308 valence electrons. The molecule has 2 aliphatic heterocycles. The molecule has 2 amide bonds. The molecule has 6 rings (SSSR count). The van der Waals surface area contributed by atoms with Crippen LogP contribution in [0.4, 0.5) is 4.39 Å². The second-order valence-electron chi connectivity index (χ2n) is 15.4. The van der Waals surface area contributed by atoms with Gasteiger partial charge < -0.3 is 45.5 Å². The summed E-state index contributed by atoms with van der Waals surface area (Å²) in [6.45, 7) is 5.69. The van der Waals surface area contributed by atoms with Crippen molar-refractivity contribution in [3.05, 3.63) is 87.1 Å². The standard InChI is InChI=1S/C42H56FN7O7/c1-48(20-17-46-26-36(52)32-7-9-35(51)40-33(32)8-10-37(53)47-40)38(54)13-23-56-22-12-30-3-2-4-31(39(30)43)27-49-18-14-42(15-19-49)28-50(21-24-57-42)41(55)34(44)11-16-45-25-29-5-6-29/h2-4,7-11,16,29,36,46,51-52H,5-6,12-15,17-28,44H2,1H3,(H,47,53). The van der Waals surface area contributed by atoms with Crippen LogP contribution in [0.5, 0.6) is 5.75 Å². The number of aromatic amines is 1. The number of benzene rings is 2. The molecule has 6 N–H and O–H groups in total. The number of amides is 2. The van der Waals surface area contributed by atoms with Gasteiger partial charge in [0.05, 0.1) is 55.7 Å². The second kappa shape index (κ2) is 19.7. The molecule has 3 heterocycles. The second-order valence-corrected chi connectivity index (χ2v) is 15.4. The fourth-order valence-corrected chi connectivity index (χ4v) is 7.43. The number of fused-ring (bicyclic) bond motifs is 1. The van der Waals surface area contributed by atoms with Gasteiger partial charge in [-0.25, -0.2) is 4.39 Å². The number of piperidine rings is 1. The van der Waals surface area contributed by atoms with E-state index in [0.29, 0.717) is 73.7 Å². The number of morpholine rings is 1. The van der Waals surface area contributed by atoms with Crippen molar-refractivity contribution in [1.29, 1.82) is 0 Å². The molecule has 1 spiro atoms. The molecule has 0 bridgehead atoms. The molecule has 14 nitrogen and oxygen atoms in total. The number of aromatic nitrogens is 1. The summed E-state index contributed by atoms with van der Waals surface area (Å²) in [7, 11) is 1.70. The molecule has 57 heavy (non-hydrogen) atoms. The van der Waals surface area contributed by atoms with Crippen LogP contribution < -0.4 is 16.6 Å². The third kappa shape index (κ3) is 11.5. The summed E-state index contributed by atoms with van der Waals surface area (Å²) in [5, 5.41) is 24.5. The van der Waals surface area contributed by atoms with Gasteiger partial charge in [-0.1, -0.05) is 24.3 Å². The molecule has 0 radical (unpaired) electrons. The number of likely N-dealkylation sites (tertiary alicyclic amines) is 1. The number of aromatic hydroxyl groups is 1. The summed E-state index contributed by atoms with van der Waals surface area (Å²) in [6.07, 6.45) is 6.82. The number of carbonyl (C=O) groups excluding carboxylic acids is 2. The van der Waals surface area contributed by atoms with Crippen molar-refractivity contribution in [2.75, 3.05) is 79.2 Å². The maximum Gasteiger partial charge on any atom is 0.269 e. The Balaban J connectivity index is 0.864. The van der Waals surface area contributed by atoms with E-state index >= 15 is 4.39 Å². The van der Waals surface area contributed by atoms with E-state index in [9.17, 15) is 24.6 Å². The summed E-state index contributed by atoms with van der Waals surface area (Å²) < 4.78 is 27.6. The van der Waals surface area contributed by atoms with Gasteiger partial charge in [-0.05, 0) is 67.4 Å². The lowest BCUT2D eigenvalue weighted by molar-refractivity contribution is -0.156. The minimum atomic E-state index is -0.894. The fraction of sp³-hybridized carbons (Fsp3) is 0.524. The van der Waals surface area contributed by atoms with Crippen molar-refractivity contribution >= 4 is 28.9 Å². The quantitative estimate of drug-likeness (QED) is 0.0729. The number of likely N-dealkylation sites (N-methyl/N-ethyl adjacent to an activating group) is 1. The number of phenolic OH excluding ortho intramolecular Hbond substituents is 1. The summed E-state index contributed by atoms with van der Waals surface area (Å²) in [5.74, 6) is 0.0805. The molecule has 3 aliphatic rings. The lowest BCUT2D eigenvalue weighted by Gasteiger charge is -2.47. The van der Waals surface area contributed by atoms with Crippen LogP contribution in [0.1, 0.15) is 54.9 Å². The predicted octanol–water partition coefficient (Wildman–Crippen LogP) is 2.62. The summed E-state index contributed by atoms with van der Waals surface area (Å²) in [6, 6.07) is 11.4. The average Bonchev–Trinajstić information content (AvgIpc) is 4.04. The van der Waals surface area contributed by atoms with Crippen LogP contribution in [0.25, 0.3) is 10.9 Å². The number of rotatable bonds is 18. The van der Waals surface area contributed by atoms with Gasteiger partial charge in [-0.2, -0.15) is 0 Å². The van der Waals surface area contributed by atoms with Crippen LogP contribution in [0.2, 0.25) is 0 Å². The van der Waals surface area contributed by atoms with Crippen molar-refractivity contribution in [2.24, 2.45) is 16.6 Å². The average molecular weight is 790 g/mol. The number of carbonyl (C=O) groups is 2. The van der Waals surface area contributed by atoms with E-state index in [1.165, 1.54) is 25.0 Å². The van der Waals surface area contributed by atoms with E-state index in [1.807, 2.05) is 12.1 Å². The number of nitrogens with one attached hydrogen (secondary N) is 2. The number of pyridine rings is 1. The van der Waals surface area contributed by atoms with Crippen LogP contribution in [0, 0.1) is 11.7 Å². The van der Waals surface area contributed by atoms with Crippen LogP contribution >= 0.6 is 0 Å². The van der Waals surface area contributed by atoms with Gasteiger partial charge in [0.15, 0.2) is 0 Å². The van der Waals surface area contributed by atoms with E-state index < -0.39 is 11.7 Å². The number of ether oxygens (including phenoxy) is 2. The Morgan fingerprint density at radius 1 is 1.16 bits per heavy atom. The Morgan fingerprint density at radius 2 is 1.95 bits per heavy atom. The molecule has 1 aliphatic carbocycles. The van der Waals surface area contributed by atoms with Gasteiger partial charge >= 0.3 is 0 Å². The van der Waals surface area contributed by atoms with E-state index in [2.05, 4.69) is 20.2 Å². The van der Waals surface area contributed by atoms with Crippen molar-refractivity contribution in [2.45, 2.75) is 56.8 Å². The molecule has 2 aromatic carbocycles. The zero-order valence-electron chi connectivity index (χ0n) is 32.8. The number of aliphatic hydroxyl groups excluding tert-OH is 1. The number of halogens is 1. The number of nitrogens with two attached hydrogens (primary N) is 1. The lowest BCUT2D eigenvalue weighted by Crippen LogP contribution is -2.58. The maximum atomic E-state index is 15.6. The van der Waals surface area contributed by atoms with Crippen LogP contribution in [0.3, 0.4) is 0 Å². The maximum absolute atomic E-state index is 15.6. The molecule has 15 heteroatoms. The summed E-state index contributed by atoms with van der Waals surface area (Å²) >= 11 is 0. The normalized spacial score (nSPS) is 18.1. The van der Waals surface area contributed by atoms with Gasteiger partial charge in [-0.3, -0.25) is 24.3 Å². The fourth-order valence-electron chi connectivity index (χ4n) is 7.43. The highest BCUT2D eigenvalue weighted by atomic mass is 19.1. The number of hydrogen-bond acceptors (Lipinski definition) is 11. The van der Waals surface area contributed by atoms with E-state index in [0.717, 1.165) is 32.5 Å². The zero-order chi connectivity index (χ0) is 40.4. The molecule has 1 unspecified atom stereocenters. The number of phenols is 1. The highest BCUT2D eigenvalue weighted by Gasteiger charge is 2.41. The molecule has 3 fully saturated rings. The summed E-state index contributed by atoms with van der Waals surface area (Å²) in [4.78, 5) is 49.9. The number of aliphatic hydroxyl groups is 1. The largest absolute Gasteiger partial charge is 0.506 e. The molecule has 1 aromatic heterocycles. The van der Waals surface area contributed by atoms with Crippen molar-refractivity contribution in [3.63, 3.8) is 0 Å². The SMILES string of the molecule is CN(CCNCC(O)c1ccc(O)c2[nH]c(=O)ccc12)C(=O)CCOCCc1cccc(CN2CCC3(CC2)CN(C(=O)C(N)=CC=NCC2CC2)CCO3)c1F. The van der Waals surface area contributed by atoms with E-state index in [1.54, 1.807) is 47.3 Å². The van der Waals surface area contributed by atoms with Crippen LogP contribution in [0.15, 0.2) is 64.0 Å². The van der Waals surface area contributed by atoms with E-state index in [4.69, 9.17) is 15.2 Å². The third-order valence-electron chi connectivity index (χ3n) is 11.2. The monoisotopic (exact) mass is 789 g/mol. The number of allylic oxidation sites excluding steroid dienone is 1. The van der Waals surface area contributed by atoms with Crippen LogP contribution in [-0.4, -0.2) is 133 Å². The Morgan fingerprint density at radius 3 is 2.74 bits per heavy atom. The summed E-state index contributed by atoms with van der Waals surface area (Å²) in [5.41, 5.74) is 7.54. The Kier molecular flexibility index (Phi) is 14.5. The Labute approximate surface area is 332 Å². The van der Waals surface area contributed by atoms with Gasteiger partial charge in [0.2, 0.25) is 11.5 Å². The number of hydrogen-bond donors (Lipinski definition) is 5. The Bertz CT molecular complexity index is 1980. The first kappa shape index (κ1) is 41.9. The topological polar surface area (TPSA) is 186 Å². The van der Waals surface area contributed by atoms with E-state index in [-0.39, 0.29) is 66.3 Å². The third-order valence-corrected chi connectivity index (χ3v) is 11.2. The number of H-pyrrole nitrogens is 1. The van der Waals surface area contributed by atoms with Crippen LogP contribution in [-0.2, 0) is 32.0 Å². The highest BCUT2D eigenvalue weighted by Crippen LogP contribution is 2.32.